The summed E-state index contributed by atoms with van der Waals surface area (Å²) in [7, 11) is 0. The van der Waals surface area contributed by atoms with E-state index in [1.165, 1.54) is 0 Å². The van der Waals surface area contributed by atoms with Gasteiger partial charge in [0.2, 0.25) is 5.91 Å². The van der Waals surface area contributed by atoms with Crippen molar-refractivity contribution in [3.8, 4) is 0 Å². The van der Waals surface area contributed by atoms with Gasteiger partial charge in [0.15, 0.2) is 0 Å². The third-order valence-corrected chi connectivity index (χ3v) is 3.88. The molecule has 1 amide bonds. The van der Waals surface area contributed by atoms with Gasteiger partial charge in [0, 0.05) is 11.3 Å². The van der Waals surface area contributed by atoms with E-state index in [1.54, 1.807) is 11.8 Å². The normalized spacial score (nSPS) is 18.2. The summed E-state index contributed by atoms with van der Waals surface area (Å²) in [5.74, 6) is -0.385. The monoisotopic (exact) mass is 256 g/mol. The Kier molecular flexibility index (Phi) is 4.49. The molecule has 94 valence electrons. The fourth-order valence-electron chi connectivity index (χ4n) is 1.23. The molecule has 3 nitrogen and oxygen atoms in total. The fraction of sp³-hybridized carbons (Fsp3) is 0.889. The SMILES string of the molecule is CSC1(CNC(=O)CNCC(F)(F)F)CC1. The zero-order valence-corrected chi connectivity index (χ0v) is 9.80. The minimum absolute atomic E-state index is 0.139. The van der Waals surface area contributed by atoms with E-state index in [0.29, 0.717) is 6.54 Å². The number of rotatable bonds is 6. The van der Waals surface area contributed by atoms with Gasteiger partial charge in [0.05, 0.1) is 13.1 Å². The van der Waals surface area contributed by atoms with E-state index in [1.807, 2.05) is 6.26 Å². The van der Waals surface area contributed by atoms with Gasteiger partial charge in [-0.1, -0.05) is 0 Å². The number of halogens is 3. The summed E-state index contributed by atoms with van der Waals surface area (Å²) in [6.45, 7) is -0.876. The molecule has 2 N–H and O–H groups in total. The highest BCUT2D eigenvalue weighted by Crippen LogP contribution is 2.46. The Morgan fingerprint density at radius 1 is 1.44 bits per heavy atom. The summed E-state index contributed by atoms with van der Waals surface area (Å²) < 4.78 is 35.4. The van der Waals surface area contributed by atoms with Crippen LogP contribution in [0.15, 0.2) is 0 Å². The molecule has 1 aliphatic rings. The molecule has 0 unspecified atom stereocenters. The molecular weight excluding hydrogens is 241 g/mol. The molecule has 1 fully saturated rings. The first-order valence-electron chi connectivity index (χ1n) is 4.96. The quantitative estimate of drug-likeness (QED) is 0.749. The van der Waals surface area contributed by atoms with Crippen LogP contribution in [0.4, 0.5) is 13.2 Å². The van der Waals surface area contributed by atoms with Crippen LogP contribution in [-0.4, -0.2) is 42.7 Å². The molecule has 7 heteroatoms. The molecule has 1 saturated carbocycles. The third kappa shape index (κ3) is 5.07. The van der Waals surface area contributed by atoms with Crippen molar-refractivity contribution in [2.75, 3.05) is 25.9 Å². The highest BCUT2D eigenvalue weighted by molar-refractivity contribution is 8.00. The summed E-state index contributed by atoms with van der Waals surface area (Å²) in [6, 6.07) is 0. The van der Waals surface area contributed by atoms with Crippen LogP contribution >= 0.6 is 11.8 Å². The molecule has 1 aliphatic carbocycles. The predicted octanol–water partition coefficient (Wildman–Crippen LogP) is 1.15. The van der Waals surface area contributed by atoms with Crippen LogP contribution in [0.3, 0.4) is 0 Å². The van der Waals surface area contributed by atoms with Gasteiger partial charge in [-0.05, 0) is 19.1 Å². The summed E-state index contributed by atoms with van der Waals surface area (Å²) in [5, 5.41) is 4.69. The third-order valence-electron chi connectivity index (χ3n) is 2.46. The second kappa shape index (κ2) is 5.27. The number of hydrogen-bond donors (Lipinski definition) is 2. The van der Waals surface area contributed by atoms with E-state index in [9.17, 15) is 18.0 Å². The molecule has 0 spiro atoms. The van der Waals surface area contributed by atoms with Crippen LogP contribution in [0, 0.1) is 0 Å². The second-order valence-electron chi connectivity index (χ2n) is 3.88. The number of thioether (sulfide) groups is 1. The Morgan fingerprint density at radius 2 is 2.06 bits per heavy atom. The molecule has 0 aliphatic heterocycles. The van der Waals surface area contributed by atoms with Crippen molar-refractivity contribution >= 4 is 17.7 Å². The number of carbonyl (C=O) groups is 1. The van der Waals surface area contributed by atoms with Crippen LogP contribution in [0.2, 0.25) is 0 Å². The zero-order chi connectivity index (χ0) is 12.2. The zero-order valence-electron chi connectivity index (χ0n) is 8.99. The first-order valence-corrected chi connectivity index (χ1v) is 6.19. The minimum atomic E-state index is -4.27. The summed E-state index contributed by atoms with van der Waals surface area (Å²) >= 11 is 1.69. The van der Waals surface area contributed by atoms with E-state index < -0.39 is 12.7 Å². The summed E-state index contributed by atoms with van der Waals surface area (Å²) in [5.41, 5.74) is 0. The van der Waals surface area contributed by atoms with Gasteiger partial charge in [-0.2, -0.15) is 24.9 Å². The largest absolute Gasteiger partial charge is 0.401 e. The van der Waals surface area contributed by atoms with Crippen LogP contribution in [0.25, 0.3) is 0 Å². The van der Waals surface area contributed by atoms with Crippen LogP contribution in [0.5, 0.6) is 0 Å². The molecule has 0 atom stereocenters. The van der Waals surface area contributed by atoms with Gasteiger partial charge in [-0.25, -0.2) is 0 Å². The molecule has 16 heavy (non-hydrogen) atoms. The second-order valence-corrected chi connectivity index (χ2v) is 5.16. The Labute approximate surface area is 96.5 Å². The van der Waals surface area contributed by atoms with Crippen LogP contribution in [0.1, 0.15) is 12.8 Å². The predicted molar refractivity (Wildman–Crippen MR) is 57.4 cm³/mol. The molecule has 0 aromatic heterocycles. The molecule has 1 rings (SSSR count). The molecule has 0 aromatic rings. The lowest BCUT2D eigenvalue weighted by Gasteiger charge is -2.13. The Balaban J connectivity index is 2.08. The number of alkyl halides is 3. The lowest BCUT2D eigenvalue weighted by Crippen LogP contribution is -2.40. The number of carbonyl (C=O) groups excluding carboxylic acids is 1. The Hall–Kier alpha value is -0.430. The number of hydrogen-bond acceptors (Lipinski definition) is 3. The molecule has 0 saturated heterocycles. The van der Waals surface area contributed by atoms with Crippen molar-refractivity contribution in [1.82, 2.24) is 10.6 Å². The van der Waals surface area contributed by atoms with Crippen molar-refractivity contribution in [2.45, 2.75) is 23.8 Å². The van der Waals surface area contributed by atoms with Gasteiger partial charge in [-0.15, -0.1) is 0 Å². The lowest BCUT2D eigenvalue weighted by atomic mass is 10.4. The molecule has 0 aromatic carbocycles. The smallest absolute Gasteiger partial charge is 0.354 e. The van der Waals surface area contributed by atoms with Crippen LogP contribution in [-0.2, 0) is 4.79 Å². The molecule has 0 bridgehead atoms. The van der Waals surface area contributed by atoms with Gasteiger partial charge < -0.3 is 10.6 Å². The fourth-order valence-corrected chi connectivity index (χ4v) is 1.96. The number of nitrogens with one attached hydrogen (secondary N) is 2. The first kappa shape index (κ1) is 13.6. The minimum Gasteiger partial charge on any atom is -0.354 e. The highest BCUT2D eigenvalue weighted by atomic mass is 32.2. The van der Waals surface area contributed by atoms with E-state index in [4.69, 9.17) is 0 Å². The Morgan fingerprint density at radius 3 is 2.50 bits per heavy atom. The van der Waals surface area contributed by atoms with Crippen LogP contribution < -0.4 is 10.6 Å². The number of amides is 1. The standard InChI is InChI=1S/C9H15F3N2OS/c1-16-8(2-3-8)5-14-7(15)4-13-6-9(10,11)12/h13H,2-6H2,1H3,(H,14,15). The van der Waals surface area contributed by atoms with Crippen molar-refractivity contribution in [1.29, 1.82) is 0 Å². The molecule has 0 radical (unpaired) electrons. The Bertz CT molecular complexity index is 254. The van der Waals surface area contributed by atoms with Gasteiger partial charge in [0.25, 0.3) is 0 Å². The van der Waals surface area contributed by atoms with E-state index in [-0.39, 0.29) is 17.2 Å². The lowest BCUT2D eigenvalue weighted by molar-refractivity contribution is -0.128. The van der Waals surface area contributed by atoms with Gasteiger partial charge in [-0.3, -0.25) is 4.79 Å². The molecule has 0 heterocycles. The average Bonchev–Trinajstić information content (AvgIpc) is 2.93. The van der Waals surface area contributed by atoms with Crippen molar-refractivity contribution in [3.05, 3.63) is 0 Å². The topological polar surface area (TPSA) is 41.1 Å². The maximum absolute atomic E-state index is 11.7. The average molecular weight is 256 g/mol. The molecular formula is C9H15F3N2OS. The van der Waals surface area contributed by atoms with E-state index in [2.05, 4.69) is 10.6 Å². The van der Waals surface area contributed by atoms with Crippen molar-refractivity contribution in [2.24, 2.45) is 0 Å². The summed E-state index contributed by atoms with van der Waals surface area (Å²) in [6.07, 6.45) is -0.173. The van der Waals surface area contributed by atoms with E-state index in [0.717, 1.165) is 12.8 Å². The van der Waals surface area contributed by atoms with Crippen molar-refractivity contribution in [3.63, 3.8) is 0 Å². The maximum atomic E-state index is 11.7. The van der Waals surface area contributed by atoms with E-state index >= 15 is 0 Å². The summed E-state index contributed by atoms with van der Waals surface area (Å²) in [4.78, 5) is 11.2. The maximum Gasteiger partial charge on any atom is 0.401 e. The van der Waals surface area contributed by atoms with Crippen molar-refractivity contribution < 1.29 is 18.0 Å². The van der Waals surface area contributed by atoms with Gasteiger partial charge >= 0.3 is 6.18 Å². The highest BCUT2D eigenvalue weighted by Gasteiger charge is 2.41. The first-order chi connectivity index (χ1) is 7.37. The van der Waals surface area contributed by atoms with Gasteiger partial charge in [0.1, 0.15) is 0 Å².